The van der Waals surface area contributed by atoms with E-state index in [2.05, 4.69) is 19.2 Å². The maximum atomic E-state index is 3.59. The highest BCUT2D eigenvalue weighted by molar-refractivity contribution is 4.71. The second-order valence-electron chi connectivity index (χ2n) is 4.47. The van der Waals surface area contributed by atoms with E-state index in [1.54, 1.807) is 0 Å². The fourth-order valence-corrected chi connectivity index (χ4v) is 1.94. The van der Waals surface area contributed by atoms with Crippen LogP contribution in [0.3, 0.4) is 0 Å². The maximum absolute atomic E-state index is 3.59. The highest BCUT2D eigenvalue weighted by Crippen LogP contribution is 2.14. The van der Waals surface area contributed by atoms with Crippen LogP contribution >= 0.6 is 0 Å². The van der Waals surface area contributed by atoms with Gasteiger partial charge in [-0.3, -0.25) is 0 Å². The van der Waals surface area contributed by atoms with Gasteiger partial charge in [0.05, 0.1) is 0 Å². The third-order valence-electron chi connectivity index (χ3n) is 2.75. The Balaban J connectivity index is 1.98. The van der Waals surface area contributed by atoms with E-state index in [1.807, 2.05) is 0 Å². The smallest absolute Gasteiger partial charge is 0.00670 e. The summed E-state index contributed by atoms with van der Waals surface area (Å²) in [6.07, 6.45) is 8.46. The van der Waals surface area contributed by atoms with Crippen LogP contribution in [0.15, 0.2) is 0 Å². The van der Waals surface area contributed by atoms with Crippen molar-refractivity contribution in [2.75, 3.05) is 6.54 Å². The van der Waals surface area contributed by atoms with Gasteiger partial charge < -0.3 is 5.32 Å². The van der Waals surface area contributed by atoms with Crippen molar-refractivity contribution in [1.82, 2.24) is 5.32 Å². The molecule has 1 aliphatic heterocycles. The van der Waals surface area contributed by atoms with E-state index < -0.39 is 0 Å². The molecule has 1 nitrogen and oxygen atoms in total. The molecule has 1 saturated heterocycles. The second-order valence-corrected chi connectivity index (χ2v) is 4.47. The fraction of sp³-hybridized carbons (Fsp3) is 1.00. The Bertz CT molecular complexity index is 104. The standard InChI is InChI=1S/C11H23N/c1-10(2)6-5-8-11-7-3-4-9-12-11/h10-12H,3-9H2,1-2H3. The largest absolute Gasteiger partial charge is 0.314 e. The van der Waals surface area contributed by atoms with Crippen LogP contribution in [0.4, 0.5) is 0 Å². The third kappa shape index (κ3) is 4.10. The summed E-state index contributed by atoms with van der Waals surface area (Å²) < 4.78 is 0. The molecule has 1 unspecified atom stereocenters. The van der Waals surface area contributed by atoms with Gasteiger partial charge in [-0.15, -0.1) is 0 Å². The number of hydrogen-bond acceptors (Lipinski definition) is 1. The molecule has 0 aromatic heterocycles. The van der Waals surface area contributed by atoms with E-state index >= 15 is 0 Å². The molecule has 1 atom stereocenters. The predicted molar refractivity (Wildman–Crippen MR) is 54.3 cm³/mol. The molecule has 1 N–H and O–H groups in total. The SMILES string of the molecule is CC(C)CCCC1CCCCN1. The zero-order valence-corrected chi connectivity index (χ0v) is 8.60. The van der Waals surface area contributed by atoms with Crippen molar-refractivity contribution in [3.05, 3.63) is 0 Å². The van der Waals surface area contributed by atoms with Crippen LogP contribution in [-0.2, 0) is 0 Å². The van der Waals surface area contributed by atoms with Crippen molar-refractivity contribution in [2.24, 2.45) is 5.92 Å². The molecular weight excluding hydrogens is 146 g/mol. The van der Waals surface area contributed by atoms with Crippen LogP contribution in [-0.4, -0.2) is 12.6 Å². The summed E-state index contributed by atoms with van der Waals surface area (Å²) in [4.78, 5) is 0. The van der Waals surface area contributed by atoms with Gasteiger partial charge in [-0.25, -0.2) is 0 Å². The van der Waals surface area contributed by atoms with Crippen molar-refractivity contribution < 1.29 is 0 Å². The van der Waals surface area contributed by atoms with E-state index in [1.165, 1.54) is 45.1 Å². The minimum Gasteiger partial charge on any atom is -0.314 e. The second kappa shape index (κ2) is 5.58. The van der Waals surface area contributed by atoms with Crippen LogP contribution in [0.1, 0.15) is 52.4 Å². The average molecular weight is 169 g/mol. The van der Waals surface area contributed by atoms with Gasteiger partial charge in [-0.05, 0) is 31.7 Å². The summed E-state index contributed by atoms with van der Waals surface area (Å²) >= 11 is 0. The molecule has 1 heterocycles. The molecule has 1 fully saturated rings. The first kappa shape index (κ1) is 10.0. The van der Waals surface area contributed by atoms with Gasteiger partial charge in [0, 0.05) is 6.04 Å². The van der Waals surface area contributed by atoms with Crippen molar-refractivity contribution in [2.45, 2.75) is 58.4 Å². The van der Waals surface area contributed by atoms with Gasteiger partial charge >= 0.3 is 0 Å². The summed E-state index contributed by atoms with van der Waals surface area (Å²) in [5, 5.41) is 3.59. The quantitative estimate of drug-likeness (QED) is 0.682. The Hall–Kier alpha value is -0.0400. The molecule has 0 aromatic carbocycles. The van der Waals surface area contributed by atoms with E-state index in [0.29, 0.717) is 0 Å². The molecule has 12 heavy (non-hydrogen) atoms. The first-order valence-electron chi connectivity index (χ1n) is 5.52. The van der Waals surface area contributed by atoms with Crippen molar-refractivity contribution in [1.29, 1.82) is 0 Å². The average Bonchev–Trinajstić information content (AvgIpc) is 2.05. The van der Waals surface area contributed by atoms with Gasteiger partial charge in [0.15, 0.2) is 0 Å². The third-order valence-corrected chi connectivity index (χ3v) is 2.75. The van der Waals surface area contributed by atoms with Gasteiger partial charge in [0.2, 0.25) is 0 Å². The molecular formula is C11H23N. The molecule has 1 rings (SSSR count). The lowest BCUT2D eigenvalue weighted by Gasteiger charge is -2.23. The molecule has 0 saturated carbocycles. The van der Waals surface area contributed by atoms with Crippen molar-refractivity contribution in [3.8, 4) is 0 Å². The van der Waals surface area contributed by atoms with Gasteiger partial charge in [-0.1, -0.05) is 33.1 Å². The van der Waals surface area contributed by atoms with E-state index in [9.17, 15) is 0 Å². The van der Waals surface area contributed by atoms with Gasteiger partial charge in [-0.2, -0.15) is 0 Å². The number of piperidine rings is 1. The number of hydrogen-bond donors (Lipinski definition) is 1. The molecule has 72 valence electrons. The topological polar surface area (TPSA) is 12.0 Å². The summed E-state index contributed by atoms with van der Waals surface area (Å²) in [5.74, 6) is 0.883. The Labute approximate surface area is 76.9 Å². The van der Waals surface area contributed by atoms with Gasteiger partial charge in [0.25, 0.3) is 0 Å². The molecule has 0 bridgehead atoms. The molecule has 0 amide bonds. The Morgan fingerprint density at radius 2 is 2.17 bits per heavy atom. The first-order valence-corrected chi connectivity index (χ1v) is 5.52. The summed E-state index contributed by atoms with van der Waals surface area (Å²) in [5.41, 5.74) is 0. The molecule has 0 aliphatic carbocycles. The summed E-state index contributed by atoms with van der Waals surface area (Å²) in [7, 11) is 0. The predicted octanol–water partition coefficient (Wildman–Crippen LogP) is 2.95. The van der Waals surface area contributed by atoms with Crippen LogP contribution in [0.25, 0.3) is 0 Å². The highest BCUT2D eigenvalue weighted by Gasteiger charge is 2.11. The Morgan fingerprint density at radius 1 is 1.33 bits per heavy atom. The molecule has 1 aliphatic rings. The molecule has 0 aromatic rings. The van der Waals surface area contributed by atoms with Crippen LogP contribution < -0.4 is 5.32 Å². The molecule has 1 heteroatoms. The minimum absolute atomic E-state index is 0.845. The van der Waals surface area contributed by atoms with Gasteiger partial charge in [0.1, 0.15) is 0 Å². The summed E-state index contributed by atoms with van der Waals surface area (Å²) in [6, 6.07) is 0.845. The number of rotatable bonds is 4. The lowest BCUT2D eigenvalue weighted by molar-refractivity contribution is 0.364. The van der Waals surface area contributed by atoms with E-state index in [-0.39, 0.29) is 0 Å². The van der Waals surface area contributed by atoms with E-state index in [4.69, 9.17) is 0 Å². The Kier molecular flexibility index (Phi) is 4.67. The van der Waals surface area contributed by atoms with E-state index in [0.717, 1.165) is 12.0 Å². The maximum Gasteiger partial charge on any atom is 0.00670 e. The normalized spacial score (nSPS) is 24.8. The van der Waals surface area contributed by atoms with Crippen LogP contribution in [0.2, 0.25) is 0 Å². The molecule has 0 spiro atoms. The zero-order valence-electron chi connectivity index (χ0n) is 8.60. The monoisotopic (exact) mass is 169 g/mol. The minimum atomic E-state index is 0.845. The summed E-state index contributed by atoms with van der Waals surface area (Å²) in [6.45, 7) is 5.88. The fourth-order valence-electron chi connectivity index (χ4n) is 1.94. The Morgan fingerprint density at radius 3 is 2.75 bits per heavy atom. The van der Waals surface area contributed by atoms with Crippen LogP contribution in [0.5, 0.6) is 0 Å². The van der Waals surface area contributed by atoms with Crippen LogP contribution in [0, 0.1) is 5.92 Å². The lowest BCUT2D eigenvalue weighted by atomic mass is 9.97. The first-order chi connectivity index (χ1) is 5.79. The molecule has 0 radical (unpaired) electrons. The number of nitrogens with one attached hydrogen (secondary N) is 1. The zero-order chi connectivity index (χ0) is 8.81. The lowest BCUT2D eigenvalue weighted by Crippen LogP contribution is -2.33. The van der Waals surface area contributed by atoms with Crippen molar-refractivity contribution >= 4 is 0 Å². The van der Waals surface area contributed by atoms with Crippen molar-refractivity contribution in [3.63, 3.8) is 0 Å². The highest BCUT2D eigenvalue weighted by atomic mass is 14.9.